The van der Waals surface area contributed by atoms with Crippen molar-refractivity contribution in [2.75, 3.05) is 39.4 Å². The molecule has 2 rings (SSSR count). The second-order valence-corrected chi connectivity index (χ2v) is 6.26. The van der Waals surface area contributed by atoms with Crippen LogP contribution in [0.5, 0.6) is 0 Å². The fourth-order valence-electron chi connectivity index (χ4n) is 2.86. The van der Waals surface area contributed by atoms with Gasteiger partial charge < -0.3 is 15.0 Å². The van der Waals surface area contributed by atoms with Gasteiger partial charge in [0.15, 0.2) is 5.96 Å². The third-order valence-corrected chi connectivity index (χ3v) is 4.57. The van der Waals surface area contributed by atoms with E-state index in [4.69, 9.17) is 9.73 Å². The lowest BCUT2D eigenvalue weighted by molar-refractivity contribution is 0.187. The number of nitrogens with zero attached hydrogens (tertiary/aromatic N) is 2. The molecule has 0 amide bonds. The van der Waals surface area contributed by atoms with E-state index in [9.17, 15) is 0 Å². The third-order valence-electron chi connectivity index (χ3n) is 4.57. The molecule has 0 bridgehead atoms. The molecule has 5 heteroatoms. The molecule has 2 unspecified atom stereocenters. The van der Waals surface area contributed by atoms with Gasteiger partial charge in [0.05, 0.1) is 6.61 Å². The second-order valence-electron chi connectivity index (χ2n) is 6.26. The third kappa shape index (κ3) is 4.76. The summed E-state index contributed by atoms with van der Waals surface area (Å²) in [7, 11) is 0. The first-order chi connectivity index (χ1) is 9.17. The van der Waals surface area contributed by atoms with E-state index in [1.165, 1.54) is 12.8 Å². The Kier molecular flexibility index (Phi) is 7.58. The van der Waals surface area contributed by atoms with E-state index in [0.29, 0.717) is 11.3 Å². The Morgan fingerprint density at radius 3 is 2.80 bits per heavy atom. The van der Waals surface area contributed by atoms with Crippen molar-refractivity contribution >= 4 is 29.9 Å². The molecule has 0 spiro atoms. The van der Waals surface area contributed by atoms with Crippen LogP contribution in [-0.2, 0) is 4.74 Å². The van der Waals surface area contributed by atoms with Crippen LogP contribution in [0.1, 0.15) is 40.0 Å². The van der Waals surface area contributed by atoms with Crippen molar-refractivity contribution in [1.29, 1.82) is 0 Å². The second kappa shape index (κ2) is 8.41. The lowest BCUT2D eigenvalue weighted by atomic mass is 9.87. The maximum Gasteiger partial charge on any atom is 0.193 e. The summed E-state index contributed by atoms with van der Waals surface area (Å²) in [6, 6.07) is 0. The summed E-state index contributed by atoms with van der Waals surface area (Å²) in [5.41, 5.74) is 0.465. The normalized spacial score (nSPS) is 30.4. The van der Waals surface area contributed by atoms with E-state index >= 15 is 0 Å². The van der Waals surface area contributed by atoms with Crippen molar-refractivity contribution in [3.05, 3.63) is 0 Å². The Hall–Kier alpha value is -0.0400. The quantitative estimate of drug-likeness (QED) is 0.452. The van der Waals surface area contributed by atoms with Crippen molar-refractivity contribution in [1.82, 2.24) is 10.2 Å². The number of likely N-dealkylation sites (tertiary alicyclic amines) is 1. The van der Waals surface area contributed by atoms with E-state index in [1.807, 2.05) is 0 Å². The molecule has 0 aliphatic carbocycles. The molecule has 0 saturated carbocycles. The minimum absolute atomic E-state index is 0. The average molecular weight is 395 g/mol. The van der Waals surface area contributed by atoms with Crippen molar-refractivity contribution in [2.24, 2.45) is 16.3 Å². The van der Waals surface area contributed by atoms with E-state index in [-0.39, 0.29) is 24.0 Å². The first-order valence-electron chi connectivity index (χ1n) is 7.78. The molecule has 2 saturated heterocycles. The number of hydrogen-bond donors (Lipinski definition) is 1. The van der Waals surface area contributed by atoms with Crippen LogP contribution in [0.3, 0.4) is 0 Å². The smallest absolute Gasteiger partial charge is 0.193 e. The van der Waals surface area contributed by atoms with Crippen LogP contribution < -0.4 is 5.32 Å². The zero-order valence-electron chi connectivity index (χ0n) is 13.2. The predicted octanol–water partition coefficient (Wildman–Crippen LogP) is 2.73. The number of halogens is 1. The summed E-state index contributed by atoms with van der Waals surface area (Å²) in [4.78, 5) is 7.26. The maximum atomic E-state index is 5.42. The zero-order valence-corrected chi connectivity index (χ0v) is 15.5. The molecule has 118 valence electrons. The van der Waals surface area contributed by atoms with Gasteiger partial charge >= 0.3 is 0 Å². The highest BCUT2D eigenvalue weighted by Crippen LogP contribution is 2.32. The fourth-order valence-corrected chi connectivity index (χ4v) is 2.86. The highest BCUT2D eigenvalue weighted by molar-refractivity contribution is 14.0. The van der Waals surface area contributed by atoms with Crippen LogP contribution in [0.15, 0.2) is 4.99 Å². The molecule has 20 heavy (non-hydrogen) atoms. The predicted molar refractivity (Wildman–Crippen MR) is 94.9 cm³/mol. The van der Waals surface area contributed by atoms with Crippen LogP contribution >= 0.6 is 24.0 Å². The molecule has 0 aromatic carbocycles. The highest BCUT2D eigenvalue weighted by Gasteiger charge is 2.33. The minimum Gasteiger partial charge on any atom is -0.381 e. The molecule has 0 aromatic rings. The van der Waals surface area contributed by atoms with Crippen molar-refractivity contribution in [3.8, 4) is 0 Å². The molecule has 2 aliphatic heterocycles. The number of guanidine groups is 1. The van der Waals surface area contributed by atoms with Gasteiger partial charge in [-0.2, -0.15) is 0 Å². The van der Waals surface area contributed by atoms with Crippen LogP contribution in [0.2, 0.25) is 0 Å². The van der Waals surface area contributed by atoms with E-state index < -0.39 is 0 Å². The Morgan fingerprint density at radius 2 is 2.25 bits per heavy atom. The molecule has 4 nitrogen and oxygen atoms in total. The minimum atomic E-state index is 0. The first-order valence-corrected chi connectivity index (χ1v) is 7.78. The van der Waals surface area contributed by atoms with Crippen molar-refractivity contribution in [2.45, 2.75) is 40.0 Å². The molecule has 2 fully saturated rings. The zero-order chi connectivity index (χ0) is 13.7. The lowest BCUT2D eigenvalue weighted by Gasteiger charge is -2.25. The fraction of sp³-hybridized carbons (Fsp3) is 0.933. The molecule has 0 aromatic heterocycles. The topological polar surface area (TPSA) is 36.9 Å². The number of rotatable bonds is 4. The Balaban J connectivity index is 0.00000200. The summed E-state index contributed by atoms with van der Waals surface area (Å²) >= 11 is 0. The van der Waals surface area contributed by atoms with Gasteiger partial charge in [0.1, 0.15) is 0 Å². The van der Waals surface area contributed by atoms with Gasteiger partial charge in [0.2, 0.25) is 0 Å². The standard InChI is InChI=1S/C15H29N3O.HI/c1-4-15(3)7-8-18(12-15)14(16-5-2)17-10-13-6-9-19-11-13;/h13H,4-12H2,1-3H3,(H,16,17);1H. The molecule has 1 N–H and O–H groups in total. The monoisotopic (exact) mass is 395 g/mol. The van der Waals surface area contributed by atoms with Crippen LogP contribution in [0, 0.1) is 11.3 Å². The number of nitrogens with one attached hydrogen (secondary N) is 1. The summed E-state index contributed by atoms with van der Waals surface area (Å²) in [6.45, 7) is 12.7. The summed E-state index contributed by atoms with van der Waals surface area (Å²) < 4.78 is 5.42. The molecular formula is C15H30IN3O. The largest absolute Gasteiger partial charge is 0.381 e. The molecule has 2 heterocycles. The van der Waals surface area contributed by atoms with Gasteiger partial charge in [0.25, 0.3) is 0 Å². The Bertz CT molecular complexity index is 318. The number of hydrogen-bond acceptors (Lipinski definition) is 2. The maximum absolute atomic E-state index is 5.42. The van der Waals surface area contributed by atoms with Crippen molar-refractivity contribution < 1.29 is 4.74 Å². The lowest BCUT2D eigenvalue weighted by Crippen LogP contribution is -2.41. The van der Waals surface area contributed by atoms with E-state index in [1.54, 1.807) is 0 Å². The van der Waals surface area contributed by atoms with Gasteiger partial charge in [0, 0.05) is 38.7 Å². The number of ether oxygens (including phenoxy) is 1. The number of aliphatic imine (C=N–C) groups is 1. The first kappa shape index (κ1) is 18.0. The average Bonchev–Trinajstić information content (AvgIpc) is 3.05. The van der Waals surface area contributed by atoms with Crippen molar-refractivity contribution in [3.63, 3.8) is 0 Å². The molecule has 2 atom stereocenters. The van der Waals surface area contributed by atoms with Crippen LogP contribution in [0.25, 0.3) is 0 Å². The molecule has 0 radical (unpaired) electrons. The van der Waals surface area contributed by atoms with Gasteiger partial charge in [-0.3, -0.25) is 4.99 Å². The van der Waals surface area contributed by atoms with Gasteiger partial charge in [-0.05, 0) is 31.6 Å². The van der Waals surface area contributed by atoms with Gasteiger partial charge in [-0.15, -0.1) is 24.0 Å². The Labute approximate surface area is 140 Å². The Morgan fingerprint density at radius 1 is 1.45 bits per heavy atom. The summed E-state index contributed by atoms with van der Waals surface area (Å²) in [6.07, 6.45) is 3.69. The van der Waals surface area contributed by atoms with Crippen LogP contribution in [0.4, 0.5) is 0 Å². The van der Waals surface area contributed by atoms with Crippen LogP contribution in [-0.4, -0.2) is 50.3 Å². The SMILES string of the molecule is CCNC(=NCC1CCOC1)N1CCC(C)(CC)C1.I. The van der Waals surface area contributed by atoms with Gasteiger partial charge in [-0.25, -0.2) is 0 Å². The molecule has 2 aliphatic rings. The summed E-state index contributed by atoms with van der Waals surface area (Å²) in [5.74, 6) is 1.72. The molecular weight excluding hydrogens is 365 g/mol. The van der Waals surface area contributed by atoms with E-state index in [2.05, 4.69) is 31.0 Å². The summed E-state index contributed by atoms with van der Waals surface area (Å²) in [5, 5.41) is 3.45. The van der Waals surface area contributed by atoms with Gasteiger partial charge in [-0.1, -0.05) is 13.8 Å². The van der Waals surface area contributed by atoms with E-state index in [0.717, 1.165) is 51.8 Å². The highest BCUT2D eigenvalue weighted by atomic mass is 127.